The number of hydrogen-bond donors (Lipinski definition) is 1. The second-order valence-corrected chi connectivity index (χ2v) is 5.23. The zero-order valence-electron chi connectivity index (χ0n) is 9.87. The van der Waals surface area contributed by atoms with Crippen molar-refractivity contribution < 1.29 is 0 Å². The Labute approximate surface area is 100 Å². The number of nitrogens with zero attached hydrogens (tertiary/aromatic N) is 1. The Morgan fingerprint density at radius 3 is 2.56 bits per heavy atom. The lowest BCUT2D eigenvalue weighted by molar-refractivity contribution is 1.06. The van der Waals surface area contributed by atoms with Crippen LogP contribution in [0.5, 0.6) is 0 Å². The molecular formula is C13H16N2S. The fraction of sp³-hybridized carbons (Fsp3) is 0.308. The maximum absolute atomic E-state index is 5.87. The standard InChI is InChI=1S/C13H16N2S/c1-8-5-13(14)9(2)4-11(8)6-12-7-16-10(3)15-12/h4-5,7H,6,14H2,1-3H3. The van der Waals surface area contributed by atoms with Gasteiger partial charge in [-0.15, -0.1) is 11.3 Å². The molecule has 0 fully saturated rings. The van der Waals surface area contributed by atoms with Crippen LogP contribution < -0.4 is 5.73 Å². The lowest BCUT2D eigenvalue weighted by Crippen LogP contribution is -1.97. The van der Waals surface area contributed by atoms with Crippen molar-refractivity contribution in [2.24, 2.45) is 0 Å². The Balaban J connectivity index is 2.31. The van der Waals surface area contributed by atoms with E-state index < -0.39 is 0 Å². The van der Waals surface area contributed by atoms with Gasteiger partial charge in [-0.3, -0.25) is 0 Å². The Morgan fingerprint density at radius 2 is 1.94 bits per heavy atom. The van der Waals surface area contributed by atoms with Gasteiger partial charge in [-0.25, -0.2) is 4.98 Å². The molecule has 0 spiro atoms. The van der Waals surface area contributed by atoms with Crippen LogP contribution >= 0.6 is 11.3 Å². The van der Waals surface area contributed by atoms with Gasteiger partial charge in [0.15, 0.2) is 0 Å². The number of nitrogen functional groups attached to an aromatic ring is 1. The van der Waals surface area contributed by atoms with Crippen molar-refractivity contribution in [1.29, 1.82) is 0 Å². The summed E-state index contributed by atoms with van der Waals surface area (Å²) in [6, 6.07) is 4.21. The zero-order chi connectivity index (χ0) is 11.7. The number of hydrogen-bond acceptors (Lipinski definition) is 3. The smallest absolute Gasteiger partial charge is 0.0897 e. The molecule has 0 amide bonds. The van der Waals surface area contributed by atoms with Crippen LogP contribution in [0.3, 0.4) is 0 Å². The Morgan fingerprint density at radius 1 is 1.19 bits per heavy atom. The summed E-state index contributed by atoms with van der Waals surface area (Å²) < 4.78 is 0. The lowest BCUT2D eigenvalue weighted by Gasteiger charge is -2.08. The molecule has 16 heavy (non-hydrogen) atoms. The average molecular weight is 232 g/mol. The van der Waals surface area contributed by atoms with Crippen LogP contribution in [-0.4, -0.2) is 4.98 Å². The Kier molecular flexibility index (Phi) is 2.97. The van der Waals surface area contributed by atoms with Crippen molar-refractivity contribution in [1.82, 2.24) is 4.98 Å². The highest BCUT2D eigenvalue weighted by Crippen LogP contribution is 2.21. The van der Waals surface area contributed by atoms with E-state index in [1.54, 1.807) is 11.3 Å². The van der Waals surface area contributed by atoms with Gasteiger partial charge in [-0.05, 0) is 43.5 Å². The van der Waals surface area contributed by atoms with Crippen molar-refractivity contribution in [2.75, 3.05) is 5.73 Å². The molecule has 1 heterocycles. The van der Waals surface area contributed by atoms with E-state index in [1.807, 2.05) is 19.9 Å². The molecule has 3 heteroatoms. The number of thiazole rings is 1. The first kappa shape index (κ1) is 11.1. The largest absolute Gasteiger partial charge is 0.399 e. The van der Waals surface area contributed by atoms with Crippen LogP contribution in [0.25, 0.3) is 0 Å². The van der Waals surface area contributed by atoms with Crippen LogP contribution in [0.2, 0.25) is 0 Å². The van der Waals surface area contributed by atoms with E-state index in [9.17, 15) is 0 Å². The van der Waals surface area contributed by atoms with Crippen molar-refractivity contribution >= 4 is 17.0 Å². The maximum Gasteiger partial charge on any atom is 0.0897 e. The van der Waals surface area contributed by atoms with E-state index in [0.717, 1.165) is 28.4 Å². The van der Waals surface area contributed by atoms with Gasteiger partial charge in [0.2, 0.25) is 0 Å². The molecule has 0 atom stereocenters. The van der Waals surface area contributed by atoms with Crippen LogP contribution in [0.15, 0.2) is 17.5 Å². The molecule has 1 aromatic carbocycles. The lowest BCUT2D eigenvalue weighted by atomic mass is 10.0. The van der Waals surface area contributed by atoms with Gasteiger partial charge >= 0.3 is 0 Å². The highest BCUT2D eigenvalue weighted by atomic mass is 32.1. The second kappa shape index (κ2) is 4.26. The van der Waals surface area contributed by atoms with Gasteiger partial charge in [0.25, 0.3) is 0 Å². The summed E-state index contributed by atoms with van der Waals surface area (Å²) in [4.78, 5) is 4.49. The van der Waals surface area contributed by atoms with Crippen molar-refractivity contribution in [3.63, 3.8) is 0 Å². The number of rotatable bonds is 2. The summed E-state index contributed by atoms with van der Waals surface area (Å²) in [5.41, 5.74) is 11.6. The summed E-state index contributed by atoms with van der Waals surface area (Å²) in [5.74, 6) is 0. The van der Waals surface area contributed by atoms with Gasteiger partial charge < -0.3 is 5.73 Å². The molecule has 2 N–H and O–H groups in total. The predicted octanol–water partition coefficient (Wildman–Crippen LogP) is 3.24. The third-order valence-electron chi connectivity index (χ3n) is 2.76. The number of aromatic nitrogens is 1. The van der Waals surface area contributed by atoms with Crippen LogP contribution in [0.1, 0.15) is 27.4 Å². The number of benzene rings is 1. The molecule has 2 rings (SSSR count). The summed E-state index contributed by atoms with van der Waals surface area (Å²) in [5, 5.41) is 3.25. The first-order valence-electron chi connectivity index (χ1n) is 5.33. The Bertz CT molecular complexity index is 515. The van der Waals surface area contributed by atoms with Crippen LogP contribution in [0.4, 0.5) is 5.69 Å². The third-order valence-corrected chi connectivity index (χ3v) is 3.59. The van der Waals surface area contributed by atoms with E-state index in [-0.39, 0.29) is 0 Å². The highest BCUT2D eigenvalue weighted by Gasteiger charge is 2.05. The summed E-state index contributed by atoms with van der Waals surface area (Å²) in [7, 11) is 0. The average Bonchev–Trinajstić information content (AvgIpc) is 2.60. The monoisotopic (exact) mass is 232 g/mol. The minimum atomic E-state index is 0.871. The first-order chi connectivity index (χ1) is 7.56. The molecule has 2 nitrogen and oxygen atoms in total. The van der Waals surface area contributed by atoms with Crippen molar-refractivity contribution in [3.05, 3.63) is 44.9 Å². The van der Waals surface area contributed by atoms with E-state index in [0.29, 0.717) is 0 Å². The van der Waals surface area contributed by atoms with Gasteiger partial charge in [-0.1, -0.05) is 6.07 Å². The summed E-state index contributed by atoms with van der Waals surface area (Å²) >= 11 is 1.70. The van der Waals surface area contributed by atoms with Gasteiger partial charge in [0.05, 0.1) is 10.7 Å². The topological polar surface area (TPSA) is 38.9 Å². The fourth-order valence-electron chi connectivity index (χ4n) is 1.77. The molecule has 1 aromatic heterocycles. The van der Waals surface area contributed by atoms with Crippen molar-refractivity contribution in [3.8, 4) is 0 Å². The number of nitrogens with two attached hydrogens (primary N) is 1. The van der Waals surface area contributed by atoms with Crippen LogP contribution in [-0.2, 0) is 6.42 Å². The zero-order valence-corrected chi connectivity index (χ0v) is 10.7. The first-order valence-corrected chi connectivity index (χ1v) is 6.21. The number of anilines is 1. The molecular weight excluding hydrogens is 216 g/mol. The second-order valence-electron chi connectivity index (χ2n) is 4.17. The molecule has 0 unspecified atom stereocenters. The minimum Gasteiger partial charge on any atom is -0.399 e. The fourth-order valence-corrected chi connectivity index (χ4v) is 2.39. The normalized spacial score (nSPS) is 10.7. The molecule has 0 aliphatic heterocycles. The molecule has 0 aliphatic carbocycles. The molecule has 84 valence electrons. The molecule has 0 aliphatic rings. The number of aryl methyl sites for hydroxylation is 3. The van der Waals surface area contributed by atoms with Crippen LogP contribution in [0, 0.1) is 20.8 Å². The maximum atomic E-state index is 5.87. The Hall–Kier alpha value is -1.35. The third kappa shape index (κ3) is 2.25. The molecule has 0 bridgehead atoms. The quantitative estimate of drug-likeness (QED) is 0.807. The van der Waals surface area contributed by atoms with E-state index in [4.69, 9.17) is 5.73 Å². The minimum absolute atomic E-state index is 0.871. The van der Waals surface area contributed by atoms with E-state index in [1.165, 1.54) is 11.1 Å². The molecule has 0 radical (unpaired) electrons. The molecule has 0 saturated carbocycles. The van der Waals surface area contributed by atoms with E-state index in [2.05, 4.69) is 23.4 Å². The van der Waals surface area contributed by atoms with Gasteiger partial charge in [0.1, 0.15) is 0 Å². The van der Waals surface area contributed by atoms with Gasteiger partial charge in [-0.2, -0.15) is 0 Å². The molecule has 2 aromatic rings. The summed E-state index contributed by atoms with van der Waals surface area (Å²) in [6.07, 6.45) is 0.900. The SMILES string of the molecule is Cc1nc(Cc2cc(C)c(N)cc2C)cs1. The van der Waals surface area contributed by atoms with Crippen molar-refractivity contribution in [2.45, 2.75) is 27.2 Å². The summed E-state index contributed by atoms with van der Waals surface area (Å²) in [6.45, 7) is 6.18. The molecule has 0 saturated heterocycles. The predicted molar refractivity (Wildman–Crippen MR) is 70.0 cm³/mol. The highest BCUT2D eigenvalue weighted by molar-refractivity contribution is 7.09. The van der Waals surface area contributed by atoms with E-state index >= 15 is 0 Å². The van der Waals surface area contributed by atoms with Gasteiger partial charge in [0, 0.05) is 17.5 Å².